The van der Waals surface area contributed by atoms with E-state index in [2.05, 4.69) is 36.4 Å². The van der Waals surface area contributed by atoms with Crippen LogP contribution in [0.3, 0.4) is 0 Å². The number of hydrogen-bond acceptors (Lipinski definition) is 4. The second-order valence-corrected chi connectivity index (χ2v) is 4.90. The Balaban J connectivity index is 4.94. The fraction of sp³-hybridized carbons (Fsp3) is 0.692. The van der Waals surface area contributed by atoms with Crippen molar-refractivity contribution in [2.24, 2.45) is 17.8 Å². The van der Waals surface area contributed by atoms with Crippen LogP contribution in [0, 0.1) is 17.8 Å². The lowest BCUT2D eigenvalue weighted by Crippen LogP contribution is -2.31. The van der Waals surface area contributed by atoms with E-state index >= 15 is 0 Å². The highest BCUT2D eigenvalue weighted by atomic mass is 16.6. The minimum Gasteiger partial charge on any atom is -0.480 e. The molecule has 1 amide bonds. The molecule has 0 spiro atoms. The lowest BCUT2D eigenvalue weighted by Gasteiger charge is -2.25. The largest absolute Gasteiger partial charge is 0.480 e. The van der Waals surface area contributed by atoms with Crippen molar-refractivity contribution in [3.8, 4) is 0 Å². The lowest BCUT2D eigenvalue weighted by molar-refractivity contribution is -0.135. The van der Waals surface area contributed by atoms with Crippen LogP contribution in [0.2, 0.25) is 0 Å². The number of amides is 1. The molecule has 0 aromatic heterocycles. The first kappa shape index (κ1) is 17.4. The number of rotatable bonds is 8. The summed E-state index contributed by atoms with van der Waals surface area (Å²) in [5.41, 5.74) is 2.74. The zero-order valence-electron chi connectivity index (χ0n) is 12.2. The van der Waals surface area contributed by atoms with E-state index in [1.165, 1.54) is 13.3 Å². The number of carboxylic acids is 1. The summed E-state index contributed by atoms with van der Waals surface area (Å²) in [4.78, 5) is 27.0. The molecule has 3 N–H and O–H groups in total. The van der Waals surface area contributed by atoms with Crippen molar-refractivity contribution in [3.63, 3.8) is 0 Å². The van der Waals surface area contributed by atoms with E-state index in [0.717, 1.165) is 0 Å². The predicted molar refractivity (Wildman–Crippen MR) is 72.0 cm³/mol. The van der Waals surface area contributed by atoms with Gasteiger partial charge in [-0.3, -0.25) is 14.4 Å². The highest BCUT2D eigenvalue weighted by Crippen LogP contribution is 2.26. The van der Waals surface area contributed by atoms with Crippen LogP contribution >= 0.6 is 0 Å². The quantitative estimate of drug-likeness (QED) is 0.456. The van der Waals surface area contributed by atoms with Crippen molar-refractivity contribution >= 4 is 11.9 Å². The van der Waals surface area contributed by atoms with Gasteiger partial charge in [-0.05, 0) is 17.8 Å². The maximum atomic E-state index is 11.9. The summed E-state index contributed by atoms with van der Waals surface area (Å²) in [5.74, 6) is -0.669. The van der Waals surface area contributed by atoms with Crippen LogP contribution in [-0.4, -0.2) is 30.6 Å². The first-order chi connectivity index (χ1) is 8.81. The molecule has 0 aromatic carbocycles. The predicted octanol–water partition coefficient (Wildman–Crippen LogP) is 1.15. The van der Waals surface area contributed by atoms with Gasteiger partial charge in [0.15, 0.2) is 0 Å². The molecule has 2 atom stereocenters. The average molecular weight is 272 g/mol. The molecule has 0 heterocycles. The van der Waals surface area contributed by atoms with Crippen LogP contribution < -0.4 is 10.8 Å². The third kappa shape index (κ3) is 6.24. The van der Waals surface area contributed by atoms with Gasteiger partial charge in [0, 0.05) is 11.8 Å². The number of carboxylic acid groups (broad SMARTS) is 1. The molecule has 6 heteroatoms. The van der Waals surface area contributed by atoms with Crippen LogP contribution in [0.25, 0.3) is 0 Å². The summed E-state index contributed by atoms with van der Waals surface area (Å²) < 4.78 is 0. The van der Waals surface area contributed by atoms with Crippen molar-refractivity contribution in [2.45, 2.75) is 27.7 Å². The van der Waals surface area contributed by atoms with Crippen LogP contribution in [-0.2, 0) is 14.4 Å². The Morgan fingerprint density at radius 3 is 2.26 bits per heavy atom. The molecule has 0 saturated heterocycles. The van der Waals surface area contributed by atoms with Gasteiger partial charge in [-0.2, -0.15) is 0 Å². The number of nitrogens with one attached hydrogen (secondary N) is 2. The summed E-state index contributed by atoms with van der Waals surface area (Å²) >= 11 is 0. The molecule has 19 heavy (non-hydrogen) atoms. The van der Waals surface area contributed by atoms with Gasteiger partial charge in [0.25, 0.3) is 5.91 Å². The monoisotopic (exact) mass is 272 g/mol. The van der Waals surface area contributed by atoms with E-state index in [-0.39, 0.29) is 24.3 Å². The van der Waals surface area contributed by atoms with Gasteiger partial charge < -0.3 is 10.4 Å². The van der Waals surface area contributed by atoms with Gasteiger partial charge in [0.05, 0.1) is 7.11 Å². The topological polar surface area (TPSA) is 87.7 Å². The summed E-state index contributed by atoms with van der Waals surface area (Å²) in [6, 6.07) is 0. The molecule has 0 radical (unpaired) electrons. The van der Waals surface area contributed by atoms with Crippen LogP contribution in [0.4, 0.5) is 0 Å². The summed E-state index contributed by atoms with van der Waals surface area (Å²) in [7, 11) is 1.36. The minimum atomic E-state index is -0.979. The van der Waals surface area contributed by atoms with Crippen molar-refractivity contribution < 1.29 is 19.5 Å². The molecule has 0 aliphatic heterocycles. The van der Waals surface area contributed by atoms with Crippen LogP contribution in [0.5, 0.6) is 0 Å². The molecule has 2 unspecified atom stereocenters. The Kier molecular flexibility index (Phi) is 7.83. The fourth-order valence-corrected chi connectivity index (χ4v) is 1.66. The standard InChI is InChI=1S/C13H24N2O4/c1-8(2)9(3)10(4)11(13(18)15-19-5)6-14-7-12(16)17/h6,8-10,14H,7H2,1-5H3,(H,15,18)(H,16,17)/b11-6-. The van der Waals surface area contributed by atoms with Gasteiger partial charge in [0.1, 0.15) is 6.54 Å². The molecule has 6 nitrogen and oxygen atoms in total. The van der Waals surface area contributed by atoms with E-state index < -0.39 is 5.97 Å². The third-order valence-corrected chi connectivity index (χ3v) is 3.30. The number of hydrogen-bond donors (Lipinski definition) is 3. The van der Waals surface area contributed by atoms with Crippen LogP contribution in [0.15, 0.2) is 11.8 Å². The van der Waals surface area contributed by atoms with Gasteiger partial charge in [-0.25, -0.2) is 5.48 Å². The Morgan fingerprint density at radius 1 is 1.26 bits per heavy atom. The molecular weight excluding hydrogens is 248 g/mol. The van der Waals surface area contributed by atoms with Gasteiger partial charge in [0.2, 0.25) is 0 Å². The summed E-state index contributed by atoms with van der Waals surface area (Å²) in [5, 5.41) is 11.2. The molecule has 0 aliphatic carbocycles. The molecular formula is C13H24N2O4. The molecule has 0 rings (SSSR count). The number of hydroxylamine groups is 1. The smallest absolute Gasteiger partial charge is 0.322 e. The first-order valence-electron chi connectivity index (χ1n) is 6.29. The first-order valence-corrected chi connectivity index (χ1v) is 6.29. The zero-order valence-corrected chi connectivity index (χ0v) is 12.2. The van der Waals surface area contributed by atoms with Gasteiger partial charge in [-0.1, -0.05) is 27.7 Å². The maximum Gasteiger partial charge on any atom is 0.322 e. The lowest BCUT2D eigenvalue weighted by atomic mass is 9.81. The van der Waals surface area contributed by atoms with Gasteiger partial charge in [-0.15, -0.1) is 0 Å². The highest BCUT2D eigenvalue weighted by Gasteiger charge is 2.24. The molecule has 0 saturated carbocycles. The molecule has 0 bridgehead atoms. The molecule has 0 aromatic rings. The van der Waals surface area contributed by atoms with E-state index in [4.69, 9.17) is 5.11 Å². The minimum absolute atomic E-state index is 0.0172. The second-order valence-electron chi connectivity index (χ2n) is 4.90. The highest BCUT2D eigenvalue weighted by molar-refractivity contribution is 5.93. The van der Waals surface area contributed by atoms with E-state index in [1.54, 1.807) is 0 Å². The van der Waals surface area contributed by atoms with Crippen LogP contribution in [0.1, 0.15) is 27.7 Å². The van der Waals surface area contributed by atoms with E-state index in [9.17, 15) is 9.59 Å². The molecule has 0 fully saturated rings. The zero-order chi connectivity index (χ0) is 15.0. The van der Waals surface area contributed by atoms with Crippen molar-refractivity contribution in [1.82, 2.24) is 10.8 Å². The Hall–Kier alpha value is -1.56. The summed E-state index contributed by atoms with van der Waals surface area (Å²) in [6.45, 7) is 7.93. The molecule has 0 aliphatic rings. The van der Waals surface area contributed by atoms with Crippen molar-refractivity contribution in [3.05, 3.63) is 11.8 Å². The van der Waals surface area contributed by atoms with E-state index in [0.29, 0.717) is 11.5 Å². The summed E-state index contributed by atoms with van der Waals surface area (Å²) in [6.07, 6.45) is 1.45. The van der Waals surface area contributed by atoms with Crippen molar-refractivity contribution in [1.29, 1.82) is 0 Å². The van der Waals surface area contributed by atoms with Gasteiger partial charge >= 0.3 is 5.97 Å². The SMILES string of the molecule is CONC(=O)/C(=C\NCC(=O)O)C(C)C(C)C(C)C. The number of carbonyl (C=O) groups is 2. The normalized spacial score (nSPS) is 14.9. The second kappa shape index (κ2) is 8.53. The number of aliphatic carboxylic acids is 1. The average Bonchev–Trinajstić information content (AvgIpc) is 2.32. The van der Waals surface area contributed by atoms with E-state index in [1.807, 2.05) is 6.92 Å². The van der Waals surface area contributed by atoms with Crippen molar-refractivity contribution in [2.75, 3.05) is 13.7 Å². The Morgan fingerprint density at radius 2 is 1.84 bits per heavy atom. The maximum absolute atomic E-state index is 11.9. The Labute approximate surface area is 114 Å². The number of carbonyl (C=O) groups excluding carboxylic acids is 1. The third-order valence-electron chi connectivity index (χ3n) is 3.30. The fourth-order valence-electron chi connectivity index (χ4n) is 1.66. The Bertz CT molecular complexity index is 340. The molecule has 110 valence electrons.